The van der Waals surface area contributed by atoms with Gasteiger partial charge in [0.2, 0.25) is 5.91 Å². The molecule has 2 atom stereocenters. The highest BCUT2D eigenvalue weighted by molar-refractivity contribution is 6.31. The number of hydrogen-bond acceptors (Lipinski definition) is 3. The maximum absolute atomic E-state index is 14.4. The second-order valence-corrected chi connectivity index (χ2v) is 8.79. The van der Waals surface area contributed by atoms with Gasteiger partial charge in [-0.1, -0.05) is 31.0 Å². The fraction of sp³-hybridized carbons (Fsp3) is 0.375. The van der Waals surface area contributed by atoms with Crippen molar-refractivity contribution in [1.82, 2.24) is 20.2 Å². The summed E-state index contributed by atoms with van der Waals surface area (Å²) >= 11 is 5.97. The number of amides is 2. The third-order valence-corrected chi connectivity index (χ3v) is 6.21. The lowest BCUT2D eigenvalue weighted by atomic mass is 10.0. The number of hydrogen-bond donors (Lipinski definition) is 2. The van der Waals surface area contributed by atoms with Crippen LogP contribution in [0.3, 0.4) is 0 Å². The Balaban J connectivity index is 1.60. The summed E-state index contributed by atoms with van der Waals surface area (Å²) in [6, 6.07) is 5.59. The molecule has 4 rings (SSSR count). The Morgan fingerprint density at radius 1 is 1.30 bits per heavy atom. The molecule has 1 fully saturated rings. The van der Waals surface area contributed by atoms with Gasteiger partial charge in [-0.05, 0) is 43.0 Å². The molecule has 2 amide bonds. The first-order valence-electron chi connectivity index (χ1n) is 11.0. The van der Waals surface area contributed by atoms with Gasteiger partial charge in [0.25, 0.3) is 5.91 Å². The molecule has 0 saturated carbocycles. The van der Waals surface area contributed by atoms with Crippen LogP contribution in [0.25, 0.3) is 11.0 Å². The molecular weight excluding hydrogens is 450 g/mol. The molecule has 1 aromatic carbocycles. The average molecular weight is 475 g/mol. The molecule has 3 heterocycles. The van der Waals surface area contributed by atoms with Gasteiger partial charge >= 0.3 is 0 Å². The number of fused-ring (bicyclic) bond motifs is 1. The summed E-state index contributed by atoms with van der Waals surface area (Å²) in [6.07, 6.45) is 4.97. The van der Waals surface area contributed by atoms with E-state index in [1.165, 1.54) is 12.3 Å². The zero-order chi connectivity index (χ0) is 23.5. The van der Waals surface area contributed by atoms with Crippen LogP contribution >= 0.6 is 11.6 Å². The number of likely N-dealkylation sites (tertiary alicyclic amines) is 1. The molecule has 0 unspecified atom stereocenters. The maximum Gasteiger partial charge on any atom is 0.268 e. The highest BCUT2D eigenvalue weighted by atomic mass is 35.5. The highest BCUT2D eigenvalue weighted by Gasteiger charge is 2.34. The van der Waals surface area contributed by atoms with Gasteiger partial charge in [-0.2, -0.15) is 0 Å². The second kappa shape index (κ2) is 9.87. The lowest BCUT2D eigenvalue weighted by Crippen LogP contribution is -2.51. The SMILES string of the molecule is CCC[C@@H]1CCCN1C(=O)[C@H](Cc1ccc(F)cc1F)NC(=O)c1cc2cc(Cl)cnc2[nH]1. The van der Waals surface area contributed by atoms with Gasteiger partial charge in [-0.25, -0.2) is 13.8 Å². The number of halogens is 3. The predicted octanol–water partition coefficient (Wildman–Crippen LogP) is 4.63. The topological polar surface area (TPSA) is 78.1 Å². The van der Waals surface area contributed by atoms with Crippen molar-refractivity contribution in [3.8, 4) is 0 Å². The van der Waals surface area contributed by atoms with E-state index < -0.39 is 23.6 Å². The van der Waals surface area contributed by atoms with E-state index in [9.17, 15) is 18.4 Å². The molecule has 1 saturated heterocycles. The zero-order valence-corrected chi connectivity index (χ0v) is 19.0. The number of nitrogens with zero attached hydrogens (tertiary/aromatic N) is 2. The Kier molecular flexibility index (Phi) is 6.93. The smallest absolute Gasteiger partial charge is 0.268 e. The van der Waals surface area contributed by atoms with Crippen LogP contribution in [0, 0.1) is 11.6 Å². The van der Waals surface area contributed by atoms with Crippen LogP contribution in [-0.4, -0.2) is 45.3 Å². The van der Waals surface area contributed by atoms with E-state index in [1.807, 2.05) is 0 Å². The molecule has 0 radical (unpaired) electrons. The number of pyridine rings is 1. The summed E-state index contributed by atoms with van der Waals surface area (Å²) < 4.78 is 27.8. The van der Waals surface area contributed by atoms with E-state index in [-0.39, 0.29) is 29.6 Å². The van der Waals surface area contributed by atoms with Crippen molar-refractivity contribution in [2.24, 2.45) is 0 Å². The molecule has 174 valence electrons. The summed E-state index contributed by atoms with van der Waals surface area (Å²) in [5.74, 6) is -2.23. The Morgan fingerprint density at radius 3 is 2.88 bits per heavy atom. The summed E-state index contributed by atoms with van der Waals surface area (Å²) in [7, 11) is 0. The van der Waals surface area contributed by atoms with Gasteiger partial charge in [-0.3, -0.25) is 9.59 Å². The van der Waals surface area contributed by atoms with Crippen LogP contribution in [0.5, 0.6) is 0 Å². The minimum Gasteiger partial charge on any atom is -0.339 e. The number of aromatic nitrogens is 2. The minimum absolute atomic E-state index is 0.0870. The summed E-state index contributed by atoms with van der Waals surface area (Å²) in [6.45, 7) is 2.65. The molecule has 1 aliphatic heterocycles. The molecule has 0 bridgehead atoms. The Morgan fingerprint density at radius 2 is 2.12 bits per heavy atom. The largest absolute Gasteiger partial charge is 0.339 e. The van der Waals surface area contributed by atoms with E-state index in [0.717, 1.165) is 37.8 Å². The first-order valence-corrected chi connectivity index (χ1v) is 11.4. The highest BCUT2D eigenvalue weighted by Crippen LogP contribution is 2.24. The van der Waals surface area contributed by atoms with Crippen molar-refractivity contribution in [3.05, 3.63) is 64.4 Å². The third-order valence-electron chi connectivity index (χ3n) is 6.01. The monoisotopic (exact) mass is 474 g/mol. The van der Waals surface area contributed by atoms with Gasteiger partial charge < -0.3 is 15.2 Å². The molecule has 9 heteroatoms. The van der Waals surface area contributed by atoms with Crippen molar-refractivity contribution in [1.29, 1.82) is 0 Å². The Labute approximate surface area is 195 Å². The van der Waals surface area contributed by atoms with Crippen LogP contribution < -0.4 is 5.32 Å². The molecule has 2 N–H and O–H groups in total. The summed E-state index contributed by atoms with van der Waals surface area (Å²) in [4.78, 5) is 35.4. The minimum atomic E-state index is -1.00. The quantitative estimate of drug-likeness (QED) is 0.524. The van der Waals surface area contributed by atoms with Crippen LogP contribution in [-0.2, 0) is 11.2 Å². The van der Waals surface area contributed by atoms with Gasteiger partial charge in [0.1, 0.15) is 29.0 Å². The lowest BCUT2D eigenvalue weighted by Gasteiger charge is -2.29. The Bertz CT molecular complexity index is 1180. The Hall–Kier alpha value is -3.00. The molecule has 2 aromatic heterocycles. The van der Waals surface area contributed by atoms with Gasteiger partial charge in [0, 0.05) is 36.7 Å². The van der Waals surface area contributed by atoms with Crippen molar-refractivity contribution >= 4 is 34.4 Å². The van der Waals surface area contributed by atoms with Crippen LogP contribution in [0.2, 0.25) is 5.02 Å². The fourth-order valence-corrected chi connectivity index (χ4v) is 4.58. The molecule has 0 aliphatic carbocycles. The van der Waals surface area contributed by atoms with Crippen molar-refractivity contribution in [2.45, 2.75) is 51.1 Å². The summed E-state index contributed by atoms with van der Waals surface area (Å²) in [5.41, 5.74) is 0.856. The predicted molar refractivity (Wildman–Crippen MR) is 122 cm³/mol. The van der Waals surface area contributed by atoms with E-state index in [4.69, 9.17) is 11.6 Å². The number of H-pyrrole nitrogens is 1. The zero-order valence-electron chi connectivity index (χ0n) is 18.2. The van der Waals surface area contributed by atoms with E-state index in [2.05, 4.69) is 22.2 Å². The molecule has 3 aromatic rings. The second-order valence-electron chi connectivity index (χ2n) is 8.36. The molecule has 33 heavy (non-hydrogen) atoms. The molecule has 0 spiro atoms. The van der Waals surface area contributed by atoms with Crippen molar-refractivity contribution in [2.75, 3.05) is 6.54 Å². The first-order chi connectivity index (χ1) is 15.9. The number of carbonyl (C=O) groups excluding carboxylic acids is 2. The van der Waals surface area contributed by atoms with E-state index >= 15 is 0 Å². The molecule has 6 nitrogen and oxygen atoms in total. The third kappa shape index (κ3) is 5.16. The number of carbonyl (C=O) groups is 2. The van der Waals surface area contributed by atoms with E-state index in [0.29, 0.717) is 22.6 Å². The number of nitrogens with one attached hydrogen (secondary N) is 2. The van der Waals surface area contributed by atoms with Crippen molar-refractivity contribution in [3.63, 3.8) is 0 Å². The lowest BCUT2D eigenvalue weighted by molar-refractivity contribution is -0.134. The number of benzene rings is 1. The van der Waals surface area contributed by atoms with Gasteiger partial charge in [-0.15, -0.1) is 0 Å². The molecular formula is C24H25ClF2N4O2. The van der Waals surface area contributed by atoms with Crippen LogP contribution in [0.4, 0.5) is 8.78 Å². The fourth-order valence-electron chi connectivity index (χ4n) is 4.41. The average Bonchev–Trinajstić information content (AvgIpc) is 3.41. The maximum atomic E-state index is 14.4. The first kappa shape index (κ1) is 23.2. The van der Waals surface area contributed by atoms with E-state index in [1.54, 1.807) is 17.0 Å². The van der Waals surface area contributed by atoms with Crippen LogP contribution in [0.15, 0.2) is 36.5 Å². The number of rotatable bonds is 7. The van der Waals surface area contributed by atoms with Gasteiger partial charge in [0.05, 0.1) is 5.02 Å². The normalized spacial score (nSPS) is 16.8. The summed E-state index contributed by atoms with van der Waals surface area (Å²) in [5, 5.41) is 3.85. The van der Waals surface area contributed by atoms with Crippen LogP contribution in [0.1, 0.15) is 48.7 Å². The van der Waals surface area contributed by atoms with Crippen molar-refractivity contribution < 1.29 is 18.4 Å². The number of aromatic amines is 1. The van der Waals surface area contributed by atoms with Gasteiger partial charge in [0.15, 0.2) is 0 Å². The standard InChI is InChI=1S/C24H25ClF2N4O2/c1-2-4-18-5-3-8-31(18)24(33)21(10-14-6-7-17(26)12-19(14)27)30-23(32)20-11-15-9-16(25)13-28-22(15)29-20/h6-7,9,11-13,18,21H,2-5,8,10H2,1H3,(H,28,29)(H,30,32)/t18-,21+/m1/s1. The molecule has 1 aliphatic rings.